The van der Waals surface area contributed by atoms with Crippen LogP contribution in [-0.4, -0.2) is 14.8 Å². The van der Waals surface area contributed by atoms with Crippen LogP contribution >= 0.6 is 11.3 Å². The molecular weight excluding hydrogens is 277 g/mol. The number of aryl methyl sites for hydroxylation is 1. The number of halogens is 1. The van der Waals surface area contributed by atoms with Crippen molar-refractivity contribution in [2.24, 2.45) is 5.84 Å². The molecular formula is C13H14FN5S. The summed E-state index contributed by atoms with van der Waals surface area (Å²) >= 11 is 1.57. The number of hydrogen-bond donors (Lipinski definition) is 2. The van der Waals surface area contributed by atoms with Crippen LogP contribution in [0.4, 0.5) is 4.39 Å². The fraction of sp³-hybridized carbons (Fsp3) is 0.231. The molecule has 0 aliphatic heterocycles. The van der Waals surface area contributed by atoms with Crippen molar-refractivity contribution in [3.63, 3.8) is 0 Å². The minimum Gasteiger partial charge on any atom is -0.270 e. The maximum absolute atomic E-state index is 13.3. The zero-order valence-electron chi connectivity index (χ0n) is 10.9. The van der Waals surface area contributed by atoms with Crippen molar-refractivity contribution in [1.29, 1.82) is 0 Å². The Balaban J connectivity index is 2.07. The van der Waals surface area contributed by atoms with Crippen LogP contribution in [0.25, 0.3) is 10.1 Å². The number of aromatic nitrogens is 3. The summed E-state index contributed by atoms with van der Waals surface area (Å²) in [5, 5.41) is 5.02. The van der Waals surface area contributed by atoms with Gasteiger partial charge in [-0.3, -0.25) is 5.84 Å². The highest BCUT2D eigenvalue weighted by Crippen LogP contribution is 2.32. The Labute approximate surface area is 119 Å². The van der Waals surface area contributed by atoms with Gasteiger partial charge in [0.2, 0.25) is 0 Å². The van der Waals surface area contributed by atoms with Crippen molar-refractivity contribution in [2.45, 2.75) is 19.5 Å². The van der Waals surface area contributed by atoms with Gasteiger partial charge in [-0.25, -0.2) is 19.5 Å². The number of nitrogens with zero attached hydrogens (tertiary/aromatic N) is 3. The van der Waals surface area contributed by atoms with Crippen LogP contribution in [0.3, 0.4) is 0 Å². The minimum atomic E-state index is -0.252. The molecule has 20 heavy (non-hydrogen) atoms. The number of hydrogen-bond acceptors (Lipinski definition) is 5. The fourth-order valence-electron chi connectivity index (χ4n) is 2.20. The van der Waals surface area contributed by atoms with Crippen molar-refractivity contribution < 1.29 is 4.39 Å². The third-order valence-corrected chi connectivity index (χ3v) is 4.33. The molecule has 7 heteroatoms. The van der Waals surface area contributed by atoms with E-state index in [1.807, 2.05) is 13.0 Å². The van der Waals surface area contributed by atoms with E-state index in [-0.39, 0.29) is 11.9 Å². The lowest BCUT2D eigenvalue weighted by atomic mass is 10.2. The van der Waals surface area contributed by atoms with Crippen molar-refractivity contribution in [2.75, 3.05) is 0 Å². The lowest BCUT2D eigenvalue weighted by Crippen LogP contribution is -2.30. The number of thiophene rings is 1. The summed E-state index contributed by atoms with van der Waals surface area (Å²) in [6, 6.07) is 6.44. The van der Waals surface area contributed by atoms with E-state index in [1.165, 1.54) is 18.5 Å². The van der Waals surface area contributed by atoms with Gasteiger partial charge in [0.05, 0.1) is 0 Å². The van der Waals surface area contributed by atoms with E-state index in [2.05, 4.69) is 15.5 Å². The Morgan fingerprint density at radius 3 is 3.05 bits per heavy atom. The molecule has 0 spiro atoms. The van der Waals surface area contributed by atoms with Gasteiger partial charge in [-0.05, 0) is 36.6 Å². The van der Waals surface area contributed by atoms with E-state index in [0.29, 0.717) is 6.54 Å². The van der Waals surface area contributed by atoms with Crippen molar-refractivity contribution >= 4 is 21.4 Å². The highest BCUT2D eigenvalue weighted by molar-refractivity contribution is 7.19. The van der Waals surface area contributed by atoms with Gasteiger partial charge < -0.3 is 0 Å². The number of nitrogens with two attached hydrogens (primary N) is 1. The summed E-state index contributed by atoms with van der Waals surface area (Å²) in [6.45, 7) is 2.71. The van der Waals surface area contributed by atoms with E-state index in [1.54, 1.807) is 22.1 Å². The quantitative estimate of drug-likeness (QED) is 0.571. The van der Waals surface area contributed by atoms with Crippen LogP contribution in [0.5, 0.6) is 0 Å². The molecule has 104 valence electrons. The van der Waals surface area contributed by atoms with Crippen molar-refractivity contribution in [1.82, 2.24) is 20.2 Å². The molecule has 0 amide bonds. The normalized spacial score (nSPS) is 12.9. The molecule has 0 saturated carbocycles. The molecule has 3 aromatic rings. The maximum atomic E-state index is 13.3. The molecule has 0 aliphatic carbocycles. The number of benzene rings is 1. The average Bonchev–Trinajstić information content (AvgIpc) is 3.05. The molecule has 2 heterocycles. The first-order chi connectivity index (χ1) is 9.72. The van der Waals surface area contributed by atoms with Gasteiger partial charge in [0, 0.05) is 16.1 Å². The summed E-state index contributed by atoms with van der Waals surface area (Å²) in [7, 11) is 0. The van der Waals surface area contributed by atoms with Gasteiger partial charge in [0.15, 0.2) is 5.82 Å². The summed E-state index contributed by atoms with van der Waals surface area (Å²) < 4.78 is 16.1. The Hall–Kier alpha value is -1.83. The van der Waals surface area contributed by atoms with Gasteiger partial charge in [0.1, 0.15) is 18.2 Å². The first-order valence-electron chi connectivity index (χ1n) is 6.25. The Bertz CT molecular complexity index is 735. The van der Waals surface area contributed by atoms with Gasteiger partial charge in [0.25, 0.3) is 0 Å². The van der Waals surface area contributed by atoms with Crippen LogP contribution in [0.2, 0.25) is 0 Å². The molecule has 0 aliphatic rings. The molecule has 3 N–H and O–H groups in total. The first kappa shape index (κ1) is 13.2. The maximum Gasteiger partial charge on any atom is 0.150 e. The summed E-state index contributed by atoms with van der Waals surface area (Å²) in [6.07, 6.45) is 1.51. The predicted octanol–water partition coefficient (Wildman–Crippen LogP) is 2.20. The predicted molar refractivity (Wildman–Crippen MR) is 76.6 cm³/mol. The molecule has 1 atom stereocenters. The second-order valence-electron chi connectivity index (χ2n) is 4.36. The number of hydrazine groups is 1. The second kappa shape index (κ2) is 5.28. The smallest absolute Gasteiger partial charge is 0.150 e. The topological polar surface area (TPSA) is 68.8 Å². The van der Waals surface area contributed by atoms with E-state index in [0.717, 1.165) is 20.8 Å². The lowest BCUT2D eigenvalue weighted by Gasteiger charge is -2.13. The largest absolute Gasteiger partial charge is 0.270 e. The molecule has 0 fully saturated rings. The van der Waals surface area contributed by atoms with E-state index < -0.39 is 0 Å². The molecule has 0 radical (unpaired) electrons. The van der Waals surface area contributed by atoms with E-state index >= 15 is 0 Å². The Kier molecular flexibility index (Phi) is 3.47. The van der Waals surface area contributed by atoms with E-state index in [9.17, 15) is 4.39 Å². The highest BCUT2D eigenvalue weighted by atomic mass is 32.1. The van der Waals surface area contributed by atoms with Crippen LogP contribution in [0, 0.1) is 5.82 Å². The van der Waals surface area contributed by atoms with Gasteiger partial charge in [-0.15, -0.1) is 11.3 Å². The molecule has 0 saturated heterocycles. The highest BCUT2D eigenvalue weighted by Gasteiger charge is 2.20. The van der Waals surface area contributed by atoms with Crippen LogP contribution in [0.1, 0.15) is 23.7 Å². The molecule has 1 unspecified atom stereocenters. The van der Waals surface area contributed by atoms with Crippen molar-refractivity contribution in [3.05, 3.63) is 47.1 Å². The summed E-state index contributed by atoms with van der Waals surface area (Å²) in [5.74, 6) is 6.18. The number of rotatable bonds is 4. The fourth-order valence-corrected chi connectivity index (χ4v) is 3.30. The SMILES string of the molecule is CCn1ncnc1C(NN)c1cc2cc(F)ccc2s1. The zero-order valence-corrected chi connectivity index (χ0v) is 11.7. The van der Waals surface area contributed by atoms with Gasteiger partial charge >= 0.3 is 0 Å². The standard InChI is InChI=1S/C13H14FN5S/c1-2-19-13(16-7-17-19)12(18-15)11-6-8-5-9(14)3-4-10(8)20-11/h3-7,12,18H,2,15H2,1H3. The van der Waals surface area contributed by atoms with Crippen LogP contribution < -0.4 is 11.3 Å². The third-order valence-electron chi connectivity index (χ3n) is 3.15. The average molecular weight is 291 g/mol. The molecule has 5 nitrogen and oxygen atoms in total. The summed E-state index contributed by atoms with van der Waals surface area (Å²) in [5.41, 5.74) is 2.76. The Morgan fingerprint density at radius 2 is 2.30 bits per heavy atom. The molecule has 2 aromatic heterocycles. The van der Waals surface area contributed by atoms with E-state index in [4.69, 9.17) is 5.84 Å². The van der Waals surface area contributed by atoms with Crippen molar-refractivity contribution in [3.8, 4) is 0 Å². The lowest BCUT2D eigenvalue weighted by molar-refractivity contribution is 0.537. The third kappa shape index (κ3) is 2.20. The van der Waals surface area contributed by atoms with Crippen LogP contribution in [0.15, 0.2) is 30.6 Å². The molecule has 3 rings (SSSR count). The minimum absolute atomic E-state index is 0.240. The van der Waals surface area contributed by atoms with Crippen LogP contribution in [-0.2, 0) is 6.54 Å². The van der Waals surface area contributed by atoms with Gasteiger partial charge in [-0.2, -0.15) is 5.10 Å². The Morgan fingerprint density at radius 1 is 1.45 bits per heavy atom. The monoisotopic (exact) mass is 291 g/mol. The molecule has 0 bridgehead atoms. The molecule has 1 aromatic carbocycles. The number of fused-ring (bicyclic) bond motifs is 1. The first-order valence-corrected chi connectivity index (χ1v) is 7.07. The summed E-state index contributed by atoms with van der Waals surface area (Å²) in [4.78, 5) is 5.25. The van der Waals surface area contributed by atoms with Gasteiger partial charge in [-0.1, -0.05) is 0 Å². The zero-order chi connectivity index (χ0) is 14.1. The number of nitrogens with one attached hydrogen (secondary N) is 1. The second-order valence-corrected chi connectivity index (χ2v) is 5.48.